The van der Waals surface area contributed by atoms with Gasteiger partial charge in [0.1, 0.15) is 5.75 Å². The molecule has 0 unspecified atom stereocenters. The molecule has 0 aliphatic heterocycles. The normalized spacial score (nSPS) is 10.3. The van der Waals surface area contributed by atoms with Gasteiger partial charge in [0.15, 0.2) is 5.69 Å². The average molecular weight is 263 g/mol. The number of ether oxygens (including phenoxy) is 1. The SMILES string of the molecule is Cc1ccc(OCCc2cc(C(=O)O)ns2)cc1. The third kappa shape index (κ3) is 3.30. The molecule has 0 fully saturated rings. The lowest BCUT2D eigenvalue weighted by molar-refractivity contribution is 0.0692. The van der Waals surface area contributed by atoms with Crippen molar-refractivity contribution >= 4 is 17.5 Å². The number of carboxylic acids is 1. The number of nitrogens with zero attached hydrogens (tertiary/aromatic N) is 1. The zero-order valence-electron chi connectivity index (χ0n) is 9.92. The molecule has 5 heteroatoms. The maximum Gasteiger partial charge on any atom is 0.355 e. The molecule has 1 aromatic carbocycles. The first-order valence-electron chi connectivity index (χ1n) is 5.53. The van der Waals surface area contributed by atoms with Gasteiger partial charge in [0.05, 0.1) is 6.61 Å². The Morgan fingerprint density at radius 1 is 1.39 bits per heavy atom. The van der Waals surface area contributed by atoms with Crippen LogP contribution < -0.4 is 4.74 Å². The zero-order valence-corrected chi connectivity index (χ0v) is 10.7. The van der Waals surface area contributed by atoms with Crippen LogP contribution in [0.1, 0.15) is 20.9 Å². The van der Waals surface area contributed by atoms with E-state index in [1.54, 1.807) is 6.07 Å². The van der Waals surface area contributed by atoms with E-state index < -0.39 is 5.97 Å². The second-order valence-electron chi connectivity index (χ2n) is 3.90. The van der Waals surface area contributed by atoms with Crippen LogP contribution in [0, 0.1) is 6.92 Å². The number of aryl methyl sites for hydroxylation is 1. The maximum absolute atomic E-state index is 10.7. The molecule has 2 aromatic rings. The minimum absolute atomic E-state index is 0.102. The van der Waals surface area contributed by atoms with Crippen molar-refractivity contribution in [1.29, 1.82) is 0 Å². The fourth-order valence-electron chi connectivity index (χ4n) is 1.44. The molecule has 1 N–H and O–H groups in total. The minimum atomic E-state index is -0.989. The number of carboxylic acid groups (broad SMARTS) is 1. The highest BCUT2D eigenvalue weighted by Crippen LogP contribution is 2.14. The van der Waals surface area contributed by atoms with Crippen LogP contribution in [-0.2, 0) is 6.42 Å². The number of benzene rings is 1. The Balaban J connectivity index is 1.84. The van der Waals surface area contributed by atoms with E-state index in [4.69, 9.17) is 9.84 Å². The summed E-state index contributed by atoms with van der Waals surface area (Å²) >= 11 is 1.20. The fourth-order valence-corrected chi connectivity index (χ4v) is 2.12. The largest absolute Gasteiger partial charge is 0.493 e. The Morgan fingerprint density at radius 3 is 2.72 bits per heavy atom. The summed E-state index contributed by atoms with van der Waals surface area (Å²) in [7, 11) is 0. The Kier molecular flexibility index (Phi) is 3.94. The second kappa shape index (κ2) is 5.64. The highest BCUT2D eigenvalue weighted by atomic mass is 32.1. The first-order chi connectivity index (χ1) is 8.65. The van der Waals surface area contributed by atoms with Gasteiger partial charge in [-0.2, -0.15) is 4.37 Å². The van der Waals surface area contributed by atoms with Crippen LogP contribution in [0.4, 0.5) is 0 Å². The molecule has 0 aliphatic carbocycles. The van der Waals surface area contributed by atoms with Crippen molar-refractivity contribution in [2.24, 2.45) is 0 Å². The van der Waals surface area contributed by atoms with Crippen LogP contribution in [0.2, 0.25) is 0 Å². The smallest absolute Gasteiger partial charge is 0.355 e. The van der Waals surface area contributed by atoms with Crippen molar-refractivity contribution in [3.8, 4) is 5.75 Å². The van der Waals surface area contributed by atoms with Crippen molar-refractivity contribution in [2.45, 2.75) is 13.3 Å². The first-order valence-corrected chi connectivity index (χ1v) is 6.31. The van der Waals surface area contributed by atoms with Gasteiger partial charge in [-0.25, -0.2) is 4.79 Å². The highest BCUT2D eigenvalue weighted by Gasteiger charge is 2.08. The first kappa shape index (κ1) is 12.6. The van der Waals surface area contributed by atoms with E-state index in [1.165, 1.54) is 17.1 Å². The molecule has 4 nitrogen and oxygen atoms in total. The second-order valence-corrected chi connectivity index (χ2v) is 4.78. The van der Waals surface area contributed by atoms with Gasteiger partial charge in [0.25, 0.3) is 0 Å². The fraction of sp³-hybridized carbons (Fsp3) is 0.231. The summed E-state index contributed by atoms with van der Waals surface area (Å²) in [4.78, 5) is 11.6. The van der Waals surface area contributed by atoms with Crippen molar-refractivity contribution in [3.05, 3.63) is 46.5 Å². The number of hydrogen-bond donors (Lipinski definition) is 1. The van der Waals surface area contributed by atoms with Crippen molar-refractivity contribution in [2.75, 3.05) is 6.61 Å². The van der Waals surface area contributed by atoms with Gasteiger partial charge in [0, 0.05) is 11.3 Å². The summed E-state index contributed by atoms with van der Waals surface area (Å²) in [5.41, 5.74) is 1.29. The Morgan fingerprint density at radius 2 is 2.11 bits per heavy atom. The summed E-state index contributed by atoms with van der Waals surface area (Å²) in [6.07, 6.45) is 0.665. The summed E-state index contributed by atoms with van der Waals surface area (Å²) in [6, 6.07) is 9.41. The predicted octanol–water partition coefficient (Wildman–Crippen LogP) is 2.77. The lowest BCUT2D eigenvalue weighted by Crippen LogP contribution is -2.00. The van der Waals surface area contributed by atoms with Gasteiger partial charge in [-0.05, 0) is 36.7 Å². The van der Waals surface area contributed by atoms with E-state index in [1.807, 2.05) is 31.2 Å². The molecule has 0 aliphatic rings. The van der Waals surface area contributed by atoms with Crippen molar-refractivity contribution < 1.29 is 14.6 Å². The third-order valence-electron chi connectivity index (χ3n) is 2.42. The van der Waals surface area contributed by atoms with Gasteiger partial charge in [-0.1, -0.05) is 17.7 Å². The van der Waals surface area contributed by atoms with E-state index >= 15 is 0 Å². The number of rotatable bonds is 5. The molecule has 1 aromatic heterocycles. The van der Waals surface area contributed by atoms with Crippen molar-refractivity contribution in [3.63, 3.8) is 0 Å². The molecule has 0 spiro atoms. The number of carbonyl (C=O) groups is 1. The molecule has 0 radical (unpaired) electrons. The molecule has 0 saturated heterocycles. The number of aromatic nitrogens is 1. The van der Waals surface area contributed by atoms with Crippen LogP contribution in [0.5, 0.6) is 5.75 Å². The van der Waals surface area contributed by atoms with Crippen LogP contribution >= 0.6 is 11.5 Å². The Bertz CT molecular complexity index is 533. The molecule has 1 heterocycles. The van der Waals surface area contributed by atoms with Crippen molar-refractivity contribution in [1.82, 2.24) is 4.37 Å². The highest BCUT2D eigenvalue weighted by molar-refractivity contribution is 7.05. The van der Waals surface area contributed by atoms with E-state index in [0.29, 0.717) is 13.0 Å². The Labute approximate surface area is 109 Å². The standard InChI is InChI=1S/C13H13NO3S/c1-9-2-4-10(5-3-9)17-7-6-11-8-12(13(15)16)14-18-11/h2-5,8H,6-7H2,1H3,(H,15,16). The van der Waals surface area contributed by atoms with Gasteiger partial charge >= 0.3 is 5.97 Å². The number of hydrogen-bond acceptors (Lipinski definition) is 4. The van der Waals surface area contributed by atoms with E-state index in [-0.39, 0.29) is 5.69 Å². The van der Waals surface area contributed by atoms with E-state index in [0.717, 1.165) is 10.6 Å². The zero-order chi connectivity index (χ0) is 13.0. The molecule has 0 saturated carbocycles. The van der Waals surface area contributed by atoms with Gasteiger partial charge in [0.2, 0.25) is 0 Å². The topological polar surface area (TPSA) is 59.4 Å². The van der Waals surface area contributed by atoms with Gasteiger partial charge in [-0.3, -0.25) is 0 Å². The maximum atomic E-state index is 10.7. The molecule has 18 heavy (non-hydrogen) atoms. The summed E-state index contributed by atoms with van der Waals surface area (Å²) in [5.74, 6) is -0.166. The quantitative estimate of drug-likeness (QED) is 0.901. The molecule has 2 rings (SSSR count). The Hall–Kier alpha value is -1.88. The van der Waals surface area contributed by atoms with E-state index in [9.17, 15) is 4.79 Å². The van der Waals surface area contributed by atoms with Crippen LogP contribution in [0.3, 0.4) is 0 Å². The average Bonchev–Trinajstić information content (AvgIpc) is 2.81. The lowest BCUT2D eigenvalue weighted by atomic mass is 10.2. The molecule has 94 valence electrons. The minimum Gasteiger partial charge on any atom is -0.493 e. The summed E-state index contributed by atoms with van der Waals surface area (Å²) < 4.78 is 9.41. The van der Waals surface area contributed by atoms with E-state index in [2.05, 4.69) is 4.37 Å². The van der Waals surface area contributed by atoms with Gasteiger partial charge < -0.3 is 9.84 Å². The van der Waals surface area contributed by atoms with Crippen LogP contribution in [0.15, 0.2) is 30.3 Å². The van der Waals surface area contributed by atoms with Crippen LogP contribution in [0.25, 0.3) is 0 Å². The summed E-state index contributed by atoms with van der Waals surface area (Å²) in [5, 5.41) is 8.74. The van der Waals surface area contributed by atoms with Crippen LogP contribution in [-0.4, -0.2) is 22.1 Å². The predicted molar refractivity (Wildman–Crippen MR) is 69.5 cm³/mol. The molecular formula is C13H13NO3S. The summed E-state index contributed by atoms with van der Waals surface area (Å²) in [6.45, 7) is 2.54. The lowest BCUT2D eigenvalue weighted by Gasteiger charge is -2.04. The molecule has 0 atom stereocenters. The van der Waals surface area contributed by atoms with Gasteiger partial charge in [-0.15, -0.1) is 0 Å². The third-order valence-corrected chi connectivity index (χ3v) is 3.26. The number of aromatic carboxylic acids is 1. The molecule has 0 bridgehead atoms. The monoisotopic (exact) mass is 263 g/mol. The molecular weight excluding hydrogens is 250 g/mol. The molecule has 0 amide bonds.